The molecule has 0 unspecified atom stereocenters. The number of fused-ring (bicyclic) bond motifs is 5. The molecule has 0 radical (unpaired) electrons. The van der Waals surface area contributed by atoms with Gasteiger partial charge in [-0.25, -0.2) is 0 Å². The summed E-state index contributed by atoms with van der Waals surface area (Å²) in [7, 11) is 0. The number of furan rings is 1. The molecule has 0 aliphatic rings. The van der Waals surface area contributed by atoms with Crippen LogP contribution >= 0.6 is 11.6 Å². The van der Waals surface area contributed by atoms with Crippen molar-refractivity contribution in [1.29, 1.82) is 0 Å². The average molecular weight is 262 g/mol. The van der Waals surface area contributed by atoms with Gasteiger partial charge in [-0.05, 0) is 17.5 Å². The van der Waals surface area contributed by atoms with Crippen molar-refractivity contribution in [2.24, 2.45) is 0 Å². The van der Waals surface area contributed by atoms with Crippen LogP contribution in [0.25, 0.3) is 32.7 Å². The third kappa shape index (κ3) is 1.22. The third-order valence-electron chi connectivity index (χ3n) is 2.70. The van der Waals surface area contributed by atoms with Gasteiger partial charge in [-0.2, -0.15) is 0 Å². The van der Waals surface area contributed by atoms with E-state index in [1.807, 2.05) is 0 Å². The van der Waals surface area contributed by atoms with E-state index in [9.17, 15) is 0 Å². The molecular formula is C16H9ClO. The van der Waals surface area contributed by atoms with Gasteiger partial charge in [0.05, 0.1) is 17.4 Å². The Morgan fingerprint density at radius 2 is 1.67 bits per heavy atom. The summed E-state index contributed by atoms with van der Waals surface area (Å²) in [5, 5.41) is -0.414. The van der Waals surface area contributed by atoms with E-state index in [0.29, 0.717) is 0 Å². The minimum atomic E-state index is -0.518. The van der Waals surface area contributed by atoms with Crippen molar-refractivity contribution in [3.8, 4) is 0 Å². The molecule has 0 saturated carbocycles. The largest absolute Gasteiger partial charge is 0.455 e. The molecule has 4 rings (SSSR count). The summed E-state index contributed by atoms with van der Waals surface area (Å²) in [6.07, 6.45) is 0. The minimum absolute atomic E-state index is 0.0242. The molecule has 0 bridgehead atoms. The summed E-state index contributed by atoms with van der Waals surface area (Å²) in [5.41, 5.74) is -0.280. The smallest absolute Gasteiger partial charge is 0.144 e. The molecule has 0 N–H and O–H groups in total. The molecule has 2 heteroatoms. The van der Waals surface area contributed by atoms with Gasteiger partial charge in [0, 0.05) is 16.2 Å². The zero-order valence-corrected chi connectivity index (χ0v) is 9.54. The van der Waals surface area contributed by atoms with Crippen molar-refractivity contribution >= 4 is 44.3 Å². The maximum absolute atomic E-state index is 8.30. The third-order valence-corrected chi connectivity index (χ3v) is 2.99. The lowest BCUT2D eigenvalue weighted by Crippen LogP contribution is -1.75. The van der Waals surface area contributed by atoms with E-state index in [1.165, 1.54) is 0 Å². The Morgan fingerprint density at radius 3 is 2.56 bits per heavy atom. The highest BCUT2D eigenvalue weighted by Gasteiger charge is 2.12. The number of para-hydroxylation sites is 1. The number of hydrogen-bond acceptors (Lipinski definition) is 1. The molecule has 1 heterocycles. The summed E-state index contributed by atoms with van der Waals surface area (Å²) < 4.78 is 77.8. The van der Waals surface area contributed by atoms with Crippen LogP contribution < -0.4 is 0 Å². The molecular weight excluding hydrogens is 244 g/mol. The number of hydrogen-bond donors (Lipinski definition) is 0. The fraction of sp³-hybridized carbons (Fsp3) is 0. The predicted molar refractivity (Wildman–Crippen MR) is 76.2 cm³/mol. The van der Waals surface area contributed by atoms with Gasteiger partial charge in [0.15, 0.2) is 0 Å². The second-order valence-corrected chi connectivity index (χ2v) is 4.08. The average Bonchev–Trinajstić information content (AvgIpc) is 3.04. The van der Waals surface area contributed by atoms with E-state index in [2.05, 4.69) is 0 Å². The number of benzene rings is 3. The Bertz CT molecular complexity index is 1330. The Balaban J connectivity index is 2.47. The normalized spacial score (nSPS) is 18.6. The van der Waals surface area contributed by atoms with Crippen molar-refractivity contribution in [1.82, 2.24) is 0 Å². The molecule has 0 aliphatic carbocycles. The second-order valence-electron chi connectivity index (χ2n) is 3.70. The standard InChI is InChI=1S/C16H9ClO/c17-13-9-10-5-1-2-6-11(10)16-15(13)12-7-3-4-8-14(12)18-16/h1-9H/i1D,2D,3D,4D,5D,6D,7D,8D,9D. The summed E-state index contributed by atoms with van der Waals surface area (Å²) in [6, 6.07) is -4.10. The highest BCUT2D eigenvalue weighted by Crippen LogP contribution is 2.38. The van der Waals surface area contributed by atoms with E-state index in [1.54, 1.807) is 0 Å². The van der Waals surface area contributed by atoms with E-state index in [-0.39, 0.29) is 43.8 Å². The molecule has 4 aromatic rings. The Labute approximate surface area is 121 Å². The molecule has 0 spiro atoms. The Hall–Kier alpha value is -1.99. The molecule has 0 amide bonds. The fourth-order valence-corrected chi connectivity index (χ4v) is 2.23. The SMILES string of the molecule is [2H]c1c([2H])c([2H])c2c(oc3c4c([2H])c([2H])c([2H])c([2H])c4c([2H])c(Cl)c32)c1[2H]. The molecule has 0 saturated heterocycles. The number of rotatable bonds is 0. The highest BCUT2D eigenvalue weighted by molar-refractivity contribution is 6.39. The summed E-state index contributed by atoms with van der Waals surface area (Å²) >= 11 is 6.31. The molecule has 18 heavy (non-hydrogen) atoms. The van der Waals surface area contributed by atoms with Crippen molar-refractivity contribution in [3.05, 3.63) is 59.4 Å². The van der Waals surface area contributed by atoms with Crippen LogP contribution in [0.3, 0.4) is 0 Å². The minimum Gasteiger partial charge on any atom is -0.455 e. The molecule has 86 valence electrons. The van der Waals surface area contributed by atoms with E-state index >= 15 is 0 Å². The quantitative estimate of drug-likeness (QED) is 0.413. The molecule has 0 atom stereocenters. The molecule has 1 nitrogen and oxygen atoms in total. The fourth-order valence-electron chi connectivity index (χ4n) is 1.95. The van der Waals surface area contributed by atoms with Crippen molar-refractivity contribution < 1.29 is 16.8 Å². The Kier molecular flexibility index (Phi) is 0.894. The lowest BCUT2D eigenvalue weighted by atomic mass is 10.1. The van der Waals surface area contributed by atoms with Crippen LogP contribution in [0.5, 0.6) is 0 Å². The second kappa shape index (κ2) is 3.50. The first-order valence-corrected chi connectivity index (χ1v) is 5.48. The number of halogens is 1. The van der Waals surface area contributed by atoms with Gasteiger partial charge in [0.1, 0.15) is 11.2 Å². The van der Waals surface area contributed by atoms with Gasteiger partial charge in [-0.3, -0.25) is 0 Å². The molecule has 3 aromatic carbocycles. The van der Waals surface area contributed by atoms with E-state index in [0.717, 1.165) is 0 Å². The zero-order valence-electron chi connectivity index (χ0n) is 17.8. The van der Waals surface area contributed by atoms with E-state index < -0.39 is 48.3 Å². The van der Waals surface area contributed by atoms with Gasteiger partial charge in [-0.15, -0.1) is 0 Å². The lowest BCUT2D eigenvalue weighted by Gasteiger charge is -2.00. The predicted octanol–water partition coefficient (Wildman–Crippen LogP) is 5.39. The monoisotopic (exact) mass is 261 g/mol. The van der Waals surface area contributed by atoms with Crippen LogP contribution in [0.1, 0.15) is 12.3 Å². The Morgan fingerprint density at radius 1 is 0.944 bits per heavy atom. The first kappa shape index (κ1) is 4.60. The molecule has 0 aliphatic heterocycles. The molecule has 0 fully saturated rings. The van der Waals surface area contributed by atoms with Crippen LogP contribution in [-0.2, 0) is 0 Å². The van der Waals surface area contributed by atoms with Gasteiger partial charge >= 0.3 is 0 Å². The highest BCUT2D eigenvalue weighted by atomic mass is 35.5. The lowest BCUT2D eigenvalue weighted by molar-refractivity contribution is 0.672. The summed E-state index contributed by atoms with van der Waals surface area (Å²) in [5.74, 6) is 0. The summed E-state index contributed by atoms with van der Waals surface area (Å²) in [4.78, 5) is 0. The molecule has 1 aromatic heterocycles. The zero-order chi connectivity index (χ0) is 19.9. The van der Waals surface area contributed by atoms with Crippen LogP contribution in [0.2, 0.25) is 5.02 Å². The topological polar surface area (TPSA) is 13.1 Å². The first-order valence-electron chi connectivity index (χ1n) is 9.60. The van der Waals surface area contributed by atoms with Crippen molar-refractivity contribution in [2.75, 3.05) is 0 Å². The van der Waals surface area contributed by atoms with Crippen LogP contribution in [0.4, 0.5) is 0 Å². The maximum atomic E-state index is 8.30. The van der Waals surface area contributed by atoms with Crippen LogP contribution in [-0.4, -0.2) is 0 Å². The van der Waals surface area contributed by atoms with E-state index in [4.69, 9.17) is 28.4 Å². The summed E-state index contributed by atoms with van der Waals surface area (Å²) in [6.45, 7) is 0. The van der Waals surface area contributed by atoms with Crippen molar-refractivity contribution in [3.63, 3.8) is 0 Å². The van der Waals surface area contributed by atoms with Gasteiger partial charge in [0.2, 0.25) is 0 Å². The van der Waals surface area contributed by atoms with Gasteiger partial charge in [-0.1, -0.05) is 53.9 Å². The van der Waals surface area contributed by atoms with Crippen LogP contribution in [0.15, 0.2) is 58.8 Å². The van der Waals surface area contributed by atoms with Crippen LogP contribution in [0, 0.1) is 0 Å². The van der Waals surface area contributed by atoms with Crippen molar-refractivity contribution in [2.45, 2.75) is 0 Å². The van der Waals surface area contributed by atoms with Gasteiger partial charge < -0.3 is 4.42 Å². The maximum Gasteiger partial charge on any atom is 0.144 e. The first-order chi connectivity index (χ1) is 12.6. The van der Waals surface area contributed by atoms with Gasteiger partial charge in [0.25, 0.3) is 0 Å².